The molecule has 0 radical (unpaired) electrons. The molecule has 116 heavy (non-hydrogen) atoms. The highest BCUT2D eigenvalue weighted by molar-refractivity contribution is 6.34. The number of hydrogen-bond donors (Lipinski definition) is 0. The summed E-state index contributed by atoms with van der Waals surface area (Å²) in [4.78, 5) is 0. The lowest BCUT2D eigenvalue weighted by atomic mass is 9.88. The van der Waals surface area contributed by atoms with Crippen LogP contribution in [0.15, 0.2) is 340 Å². The second-order valence-electron chi connectivity index (χ2n) is 26.7. The minimum absolute atomic E-state index is 0.527. The molecule has 0 amide bonds. The van der Waals surface area contributed by atoms with Crippen LogP contribution in [0.5, 0.6) is 0 Å². The van der Waals surface area contributed by atoms with Gasteiger partial charge in [0.2, 0.25) is 0 Å². The monoisotopic (exact) mass is 1720 g/mol. The summed E-state index contributed by atoms with van der Waals surface area (Å²) in [5.41, 5.74) is 13.6. The normalized spacial score (nSPS) is 10.7. The fraction of sp³-hybridized carbons (Fsp3) is 0. The van der Waals surface area contributed by atoms with Gasteiger partial charge in [-0.1, -0.05) is 333 Å². The second-order valence-corrected chi connectivity index (χ2v) is 32.0. The Labute approximate surface area is 733 Å². The maximum Gasteiger partial charge on any atom is 0.0425 e. The van der Waals surface area contributed by atoms with Gasteiger partial charge in [0.1, 0.15) is 0 Å². The topological polar surface area (TPSA) is 0 Å². The molecule has 0 N–H and O–H groups in total. The van der Waals surface area contributed by atoms with Crippen LogP contribution in [0, 0.1) is 48.5 Å². The van der Waals surface area contributed by atoms with Crippen LogP contribution in [0.25, 0.3) is 55.0 Å². The number of rotatable bonds is 12. The highest BCUT2D eigenvalue weighted by Crippen LogP contribution is 2.32. The van der Waals surface area contributed by atoms with E-state index >= 15 is 0 Å². The molecule has 0 spiro atoms. The van der Waals surface area contributed by atoms with Crippen molar-refractivity contribution in [1.29, 1.82) is 0 Å². The SMILES string of the molecule is Clc1ccc(C(c2ccc(Cl)cc2)=c2c#cc3ccc(c#cc(=C(c4ccc(Cl)cc4)c4ccc(Cl)cc4)c(=C(c4ccc(Cl)cc4)c4ccc(Cl)cc4)c(=C(c4ccc(Cl)cc4)c4ccc(Cl)cc4)c#cc4ccc(c#cc(=C(c5ccc(Cl)cc5)c5ccc(Cl)cc5)c2=C(c2ccc(Cl)cc2)c2ccc(Cl)cc2)cc4)cc3)cc1. The molecule has 0 heterocycles. The zero-order chi connectivity index (χ0) is 80.3. The highest BCUT2D eigenvalue weighted by Gasteiger charge is 2.20. The molecule has 0 aromatic heterocycles. The molecule has 4 bridgehead atoms. The van der Waals surface area contributed by atoms with E-state index in [2.05, 4.69) is 48.5 Å². The van der Waals surface area contributed by atoms with Gasteiger partial charge in [0.05, 0.1) is 0 Å². The van der Waals surface area contributed by atoms with Crippen molar-refractivity contribution in [3.63, 3.8) is 0 Å². The van der Waals surface area contributed by atoms with Crippen molar-refractivity contribution in [3.05, 3.63) is 547 Å². The molecule has 0 aliphatic heterocycles. The van der Waals surface area contributed by atoms with E-state index in [9.17, 15) is 0 Å². The van der Waals surface area contributed by atoms with Gasteiger partial charge < -0.3 is 0 Å². The molecular formula is C104H56Cl12. The minimum atomic E-state index is 0.527. The van der Waals surface area contributed by atoms with E-state index in [1.807, 2.05) is 340 Å². The summed E-state index contributed by atoms with van der Waals surface area (Å²) >= 11 is 82.8. The predicted molar refractivity (Wildman–Crippen MR) is 490 cm³/mol. The summed E-state index contributed by atoms with van der Waals surface area (Å²) in [5.74, 6) is 0. The van der Waals surface area contributed by atoms with Gasteiger partial charge in [-0.25, -0.2) is 0 Å². The van der Waals surface area contributed by atoms with E-state index in [0.29, 0.717) is 135 Å². The Bertz CT molecular complexity index is 5760. The average Bonchev–Trinajstić information content (AvgIpc) is 0.754. The third-order valence-corrected chi connectivity index (χ3v) is 22.2. The lowest BCUT2D eigenvalue weighted by molar-refractivity contribution is 1.38. The summed E-state index contributed by atoms with van der Waals surface area (Å²) in [5, 5.41) is 12.4. The average molecular weight is 1730 g/mol. The van der Waals surface area contributed by atoms with Crippen LogP contribution in [0.1, 0.15) is 66.8 Å². The van der Waals surface area contributed by atoms with Gasteiger partial charge in [-0.05, 0) is 272 Å². The third kappa shape index (κ3) is 19.2. The van der Waals surface area contributed by atoms with Crippen LogP contribution in [-0.2, 0) is 0 Å². The molecule has 0 unspecified atom stereocenters. The molecule has 0 atom stereocenters. The molecular weight excluding hydrogens is 1670 g/mol. The Morgan fingerprint density at radius 3 is 0.336 bits per heavy atom. The fourth-order valence-electron chi connectivity index (χ4n) is 13.7. The maximum absolute atomic E-state index is 6.92. The van der Waals surface area contributed by atoms with Crippen molar-refractivity contribution in [2.45, 2.75) is 0 Å². The van der Waals surface area contributed by atoms with Crippen LogP contribution in [-0.4, -0.2) is 0 Å². The Kier molecular flexibility index (Phi) is 25.7. The minimum Gasteiger partial charge on any atom is -0.0843 e. The van der Waals surface area contributed by atoms with E-state index in [1.165, 1.54) is 0 Å². The summed E-state index contributed by atoms with van der Waals surface area (Å²) in [6, 6.07) is 139. The quantitative estimate of drug-likeness (QED) is 0.114. The van der Waals surface area contributed by atoms with Crippen molar-refractivity contribution in [1.82, 2.24) is 0 Å². The third-order valence-electron chi connectivity index (χ3n) is 19.2. The van der Waals surface area contributed by atoms with E-state index in [1.54, 1.807) is 0 Å². The van der Waals surface area contributed by atoms with Gasteiger partial charge in [0, 0.05) is 135 Å². The van der Waals surface area contributed by atoms with Gasteiger partial charge in [0.25, 0.3) is 0 Å². The van der Waals surface area contributed by atoms with E-state index in [-0.39, 0.29) is 0 Å². The van der Waals surface area contributed by atoms with E-state index in [4.69, 9.17) is 139 Å². The molecule has 0 saturated carbocycles. The van der Waals surface area contributed by atoms with Crippen LogP contribution in [0.4, 0.5) is 0 Å². The lowest BCUT2D eigenvalue weighted by Gasteiger charge is -2.15. The van der Waals surface area contributed by atoms with E-state index < -0.39 is 0 Å². The molecule has 0 aliphatic carbocycles. The molecule has 0 nitrogen and oxygen atoms in total. The van der Waals surface area contributed by atoms with Crippen LogP contribution in [0.3, 0.4) is 0 Å². The first-order valence-electron chi connectivity index (χ1n) is 36.3. The fourth-order valence-corrected chi connectivity index (χ4v) is 15.2. The maximum atomic E-state index is 6.92. The van der Waals surface area contributed by atoms with Crippen LogP contribution < -0.4 is 31.3 Å². The smallest absolute Gasteiger partial charge is 0.0425 e. The number of benzene rings is 14. The molecule has 18 aromatic carbocycles. The first-order valence-corrected chi connectivity index (χ1v) is 40.8. The van der Waals surface area contributed by atoms with Crippen LogP contribution >= 0.6 is 139 Å². The van der Waals surface area contributed by atoms with Gasteiger partial charge in [-0.15, -0.1) is 0 Å². The first-order chi connectivity index (χ1) is 56.4. The van der Waals surface area contributed by atoms with Crippen molar-refractivity contribution < 1.29 is 0 Å². The van der Waals surface area contributed by atoms with Crippen molar-refractivity contribution in [2.24, 2.45) is 0 Å². The number of hydrogen-bond acceptors (Lipinski definition) is 0. The van der Waals surface area contributed by atoms with Crippen LogP contribution in [0.2, 0.25) is 60.3 Å². The summed E-state index contributed by atoms with van der Waals surface area (Å²) in [6.07, 6.45) is 0. The molecule has 0 saturated heterocycles. The van der Waals surface area contributed by atoms with Gasteiger partial charge >= 0.3 is 0 Å². The molecule has 0 fully saturated rings. The van der Waals surface area contributed by atoms with Gasteiger partial charge in [0.15, 0.2) is 0 Å². The predicted octanol–water partition coefficient (Wildman–Crippen LogP) is 27.1. The second kappa shape index (κ2) is 37.0. The molecule has 556 valence electrons. The Morgan fingerprint density at radius 1 is 0.121 bits per heavy atom. The Morgan fingerprint density at radius 2 is 0.224 bits per heavy atom. The van der Waals surface area contributed by atoms with E-state index in [0.717, 1.165) is 77.9 Å². The van der Waals surface area contributed by atoms with Crippen molar-refractivity contribution in [2.75, 3.05) is 0 Å². The standard InChI is InChI=1S/C104H56Cl12/c105-81-37-13-69(14-38-81)97(70-15-39-82(106)40-16-70)93-61-9-65-1-2-66(4-3-65)10-62-94(98(71-17-41-83(107)42-18-71)72-19-43-84(108)44-20-72)104(102(79-33-57-91(115)58-34-79)80-35-59-92(116)60-36-80)96(100(75-25-49-87(111)50-26-75)76-27-51-88(112)52-28-76)64-12-68-7-5-67(6-8-68)11-63-95(99(73-21-45-85(109)46-22-73)74-23-47-86(110)48-24-74)103(93)101(77-29-53-89(113)54-30-77)78-31-55-90(114)56-32-78/h1-8,13-60H. The Balaban J connectivity index is 1.28. The molecule has 0 aliphatic rings. The Hall–Kier alpha value is -10.8. The summed E-state index contributed by atoms with van der Waals surface area (Å²) < 4.78 is 0. The van der Waals surface area contributed by atoms with Crippen molar-refractivity contribution in [3.8, 4) is 0 Å². The zero-order valence-corrected chi connectivity index (χ0v) is 69.9. The van der Waals surface area contributed by atoms with Crippen molar-refractivity contribution >= 4 is 194 Å². The largest absolute Gasteiger partial charge is 0.0843 e. The highest BCUT2D eigenvalue weighted by atomic mass is 35.5. The number of halogens is 12. The lowest BCUT2D eigenvalue weighted by Crippen LogP contribution is -2.42. The van der Waals surface area contributed by atoms with Gasteiger partial charge in [-0.2, -0.15) is 0 Å². The zero-order valence-electron chi connectivity index (χ0n) is 60.9. The molecule has 18 aromatic rings. The molecule has 12 heteroatoms. The first kappa shape index (κ1) is 80.4. The summed E-state index contributed by atoms with van der Waals surface area (Å²) in [7, 11) is 0. The van der Waals surface area contributed by atoms with Gasteiger partial charge in [-0.3, -0.25) is 0 Å². The molecule has 18 rings (SSSR count). The summed E-state index contributed by atoms with van der Waals surface area (Å²) in [6.45, 7) is 0.